The number of hydrogen-bond acceptors (Lipinski definition) is 5. The van der Waals surface area contributed by atoms with Crippen LogP contribution >= 0.6 is 11.6 Å². The first kappa shape index (κ1) is 22.0. The molecule has 0 radical (unpaired) electrons. The molecule has 0 unspecified atom stereocenters. The van der Waals surface area contributed by atoms with E-state index in [1.54, 1.807) is 0 Å². The van der Waals surface area contributed by atoms with Gasteiger partial charge in [0, 0.05) is 0 Å². The van der Waals surface area contributed by atoms with Gasteiger partial charge in [-0.3, -0.25) is 0 Å². The minimum Gasteiger partial charge on any atom is -0.477 e. The maximum atomic E-state index is 14.4. The smallest absolute Gasteiger partial charge is 0.434 e. The molecule has 12 heteroatoms. The van der Waals surface area contributed by atoms with Crippen LogP contribution in [0, 0.1) is 17.1 Å². The summed E-state index contributed by atoms with van der Waals surface area (Å²) in [7, 11) is 0. The van der Waals surface area contributed by atoms with Gasteiger partial charge in [-0.25, -0.2) is 13.9 Å². The maximum absolute atomic E-state index is 14.4. The second-order valence-electron chi connectivity index (χ2n) is 6.62. The molecule has 0 bridgehead atoms. The number of carboxylic acid groups (broad SMARTS) is 1. The van der Waals surface area contributed by atoms with Gasteiger partial charge in [0.1, 0.15) is 17.1 Å². The Morgan fingerprint density at radius 3 is 2.58 bits per heavy atom. The fraction of sp³-hybridized carbons (Fsp3) is 0.0476. The highest BCUT2D eigenvalue weighted by Gasteiger charge is 2.42. The molecule has 33 heavy (non-hydrogen) atoms. The molecule has 2 aromatic heterocycles. The number of halogens is 5. The third-order valence-corrected chi connectivity index (χ3v) is 4.92. The lowest BCUT2D eigenvalue weighted by Crippen LogP contribution is -2.15. The molecule has 4 rings (SSSR count). The van der Waals surface area contributed by atoms with E-state index >= 15 is 0 Å². The molecule has 0 fully saturated rings. The summed E-state index contributed by atoms with van der Waals surface area (Å²) in [5, 5.41) is 25.8. The highest BCUT2D eigenvalue weighted by atomic mass is 35.5. The molecule has 0 spiro atoms. The average molecular weight is 477 g/mol. The van der Waals surface area contributed by atoms with Crippen LogP contribution in [-0.2, 0) is 6.18 Å². The standard InChI is InChI=1S/C21H9ClF4N4O3/c22-13-5-2-6-14(23)15(13)17-16(20(31)32)18(33-29-17)12-9-28-30(19(12)21(24,25)26)11-4-1-3-10(7-11)8-27/h1-7,9H,(H,31,32). The lowest BCUT2D eigenvalue weighted by molar-refractivity contribution is -0.142. The number of carboxylic acids is 1. The second-order valence-corrected chi connectivity index (χ2v) is 7.02. The van der Waals surface area contributed by atoms with E-state index in [1.165, 1.54) is 36.4 Å². The third kappa shape index (κ3) is 3.81. The van der Waals surface area contributed by atoms with Crippen molar-refractivity contribution in [3.05, 3.63) is 76.3 Å². The normalized spacial score (nSPS) is 11.4. The summed E-state index contributed by atoms with van der Waals surface area (Å²) in [6.07, 6.45) is -4.27. The molecule has 0 amide bonds. The Hall–Kier alpha value is -4.17. The summed E-state index contributed by atoms with van der Waals surface area (Å²) in [5.74, 6) is -3.44. The van der Waals surface area contributed by atoms with Crippen molar-refractivity contribution in [2.75, 3.05) is 0 Å². The second kappa shape index (κ2) is 8.07. The van der Waals surface area contributed by atoms with Crippen molar-refractivity contribution in [1.29, 1.82) is 5.26 Å². The molecule has 0 saturated heterocycles. The van der Waals surface area contributed by atoms with Gasteiger partial charge in [0.2, 0.25) is 0 Å². The summed E-state index contributed by atoms with van der Waals surface area (Å²) in [6.45, 7) is 0. The van der Waals surface area contributed by atoms with E-state index in [1.807, 2.05) is 6.07 Å². The van der Waals surface area contributed by atoms with Crippen LogP contribution < -0.4 is 0 Å². The Morgan fingerprint density at radius 1 is 1.21 bits per heavy atom. The van der Waals surface area contributed by atoms with E-state index in [0.29, 0.717) is 4.68 Å². The van der Waals surface area contributed by atoms with Crippen LogP contribution in [0.2, 0.25) is 5.02 Å². The van der Waals surface area contributed by atoms with Crippen molar-refractivity contribution in [3.8, 4) is 34.3 Å². The number of rotatable bonds is 4. The van der Waals surface area contributed by atoms with Crippen LogP contribution in [0.25, 0.3) is 28.3 Å². The molecule has 0 atom stereocenters. The summed E-state index contributed by atoms with van der Waals surface area (Å²) < 4.78 is 62.1. The van der Waals surface area contributed by atoms with E-state index in [9.17, 15) is 27.5 Å². The predicted molar refractivity (Wildman–Crippen MR) is 106 cm³/mol. The number of alkyl halides is 3. The SMILES string of the molecule is N#Cc1cccc(-n2ncc(-c3onc(-c4c(F)cccc4Cl)c3C(=O)O)c2C(F)(F)F)c1. The van der Waals surface area contributed by atoms with Gasteiger partial charge in [0.25, 0.3) is 0 Å². The number of carbonyl (C=O) groups is 1. The maximum Gasteiger partial charge on any atom is 0.434 e. The molecule has 166 valence electrons. The molecule has 0 aliphatic rings. The fourth-order valence-corrected chi connectivity index (χ4v) is 3.51. The van der Waals surface area contributed by atoms with Crippen LogP contribution in [0.4, 0.5) is 17.6 Å². The highest BCUT2D eigenvalue weighted by molar-refractivity contribution is 6.33. The monoisotopic (exact) mass is 476 g/mol. The summed E-state index contributed by atoms with van der Waals surface area (Å²) in [6, 6.07) is 10.6. The lowest BCUT2D eigenvalue weighted by Gasteiger charge is -2.12. The van der Waals surface area contributed by atoms with Crippen LogP contribution in [-0.4, -0.2) is 26.0 Å². The van der Waals surface area contributed by atoms with E-state index in [2.05, 4.69) is 10.3 Å². The van der Waals surface area contributed by atoms with Crippen LogP contribution in [0.1, 0.15) is 21.6 Å². The van der Waals surface area contributed by atoms with Gasteiger partial charge in [-0.15, -0.1) is 0 Å². The van der Waals surface area contributed by atoms with E-state index in [4.69, 9.17) is 21.4 Å². The van der Waals surface area contributed by atoms with Gasteiger partial charge < -0.3 is 9.63 Å². The molecule has 7 nitrogen and oxygen atoms in total. The predicted octanol–water partition coefficient (Wildman–Crippen LogP) is 5.58. The number of hydrogen-bond donors (Lipinski definition) is 1. The van der Waals surface area contributed by atoms with Gasteiger partial charge in [-0.05, 0) is 30.3 Å². The number of aromatic nitrogens is 3. The molecule has 0 aliphatic heterocycles. The van der Waals surface area contributed by atoms with Gasteiger partial charge in [-0.2, -0.15) is 23.5 Å². The number of aromatic carboxylic acids is 1. The van der Waals surface area contributed by atoms with Gasteiger partial charge in [0.15, 0.2) is 11.5 Å². The Labute approximate surface area is 187 Å². The first-order valence-electron chi connectivity index (χ1n) is 8.97. The lowest BCUT2D eigenvalue weighted by atomic mass is 10.0. The Kier molecular flexibility index (Phi) is 5.39. The molecule has 2 heterocycles. The first-order valence-corrected chi connectivity index (χ1v) is 9.34. The van der Waals surface area contributed by atoms with E-state index < -0.39 is 51.8 Å². The average Bonchev–Trinajstić information content (AvgIpc) is 3.38. The number of nitrogens with zero attached hydrogens (tertiary/aromatic N) is 4. The third-order valence-electron chi connectivity index (χ3n) is 4.61. The van der Waals surface area contributed by atoms with E-state index in [-0.39, 0.29) is 16.3 Å². The molecular formula is C21H9ClF4N4O3. The minimum atomic E-state index is -5.02. The largest absolute Gasteiger partial charge is 0.477 e. The molecule has 1 N–H and O–H groups in total. The number of nitriles is 1. The molecule has 0 saturated carbocycles. The van der Waals surface area contributed by atoms with E-state index in [0.717, 1.165) is 12.3 Å². The number of benzene rings is 2. The minimum absolute atomic E-state index is 0.0834. The zero-order valence-electron chi connectivity index (χ0n) is 16.1. The molecule has 0 aliphatic carbocycles. The quantitative estimate of drug-likeness (QED) is 0.386. The van der Waals surface area contributed by atoms with Crippen molar-refractivity contribution >= 4 is 17.6 Å². The van der Waals surface area contributed by atoms with Crippen LogP contribution in [0.3, 0.4) is 0 Å². The zero-order chi connectivity index (χ0) is 23.9. The van der Waals surface area contributed by atoms with Gasteiger partial charge in [-0.1, -0.05) is 28.9 Å². The Balaban J connectivity index is 1.99. The van der Waals surface area contributed by atoms with Crippen molar-refractivity contribution in [2.45, 2.75) is 6.18 Å². The molecule has 4 aromatic rings. The fourth-order valence-electron chi connectivity index (χ4n) is 3.26. The summed E-state index contributed by atoms with van der Waals surface area (Å²) in [5.41, 5.74) is -3.96. The van der Waals surface area contributed by atoms with Crippen molar-refractivity contribution < 1.29 is 32.0 Å². The van der Waals surface area contributed by atoms with Crippen molar-refractivity contribution in [2.24, 2.45) is 0 Å². The van der Waals surface area contributed by atoms with Gasteiger partial charge >= 0.3 is 12.1 Å². The molecular weight excluding hydrogens is 468 g/mol. The summed E-state index contributed by atoms with van der Waals surface area (Å²) >= 11 is 5.98. The van der Waals surface area contributed by atoms with Crippen LogP contribution in [0.15, 0.2) is 53.2 Å². The first-order chi connectivity index (χ1) is 15.6. The zero-order valence-corrected chi connectivity index (χ0v) is 16.8. The Morgan fingerprint density at radius 2 is 1.94 bits per heavy atom. The van der Waals surface area contributed by atoms with Gasteiger partial charge in [0.05, 0.1) is 39.7 Å². The van der Waals surface area contributed by atoms with Crippen molar-refractivity contribution in [3.63, 3.8) is 0 Å². The van der Waals surface area contributed by atoms with Crippen molar-refractivity contribution in [1.82, 2.24) is 14.9 Å². The molecule has 2 aromatic carbocycles. The Bertz CT molecular complexity index is 1420. The highest BCUT2D eigenvalue weighted by Crippen LogP contribution is 2.42. The van der Waals surface area contributed by atoms with Crippen LogP contribution in [0.5, 0.6) is 0 Å². The topological polar surface area (TPSA) is 105 Å². The summed E-state index contributed by atoms with van der Waals surface area (Å²) in [4.78, 5) is 12.0.